The van der Waals surface area contributed by atoms with Crippen LogP contribution in [-0.2, 0) is 9.53 Å². The third kappa shape index (κ3) is 2.26. The molecule has 3 N–H and O–H groups in total. The van der Waals surface area contributed by atoms with E-state index in [9.17, 15) is 14.7 Å². The van der Waals surface area contributed by atoms with Crippen LogP contribution in [0.1, 0.15) is 13.3 Å². The van der Waals surface area contributed by atoms with Crippen molar-refractivity contribution in [3.63, 3.8) is 0 Å². The molecule has 2 rings (SSSR count). The van der Waals surface area contributed by atoms with Gasteiger partial charge in [-0.15, -0.1) is 0 Å². The van der Waals surface area contributed by atoms with Crippen LogP contribution in [0.4, 0.5) is 4.79 Å². The lowest BCUT2D eigenvalue weighted by molar-refractivity contribution is -0.128. The van der Waals surface area contributed by atoms with E-state index in [2.05, 4.69) is 5.32 Å². The van der Waals surface area contributed by atoms with Gasteiger partial charge >= 0.3 is 6.03 Å². The van der Waals surface area contributed by atoms with Crippen LogP contribution in [0.15, 0.2) is 0 Å². The van der Waals surface area contributed by atoms with Crippen molar-refractivity contribution in [2.75, 3.05) is 13.2 Å². The summed E-state index contributed by atoms with van der Waals surface area (Å²) in [5.41, 5.74) is 0. The molecule has 2 aliphatic rings. The second-order valence-electron chi connectivity index (χ2n) is 4.46. The maximum absolute atomic E-state index is 11.6. The van der Waals surface area contributed by atoms with Gasteiger partial charge in [-0.3, -0.25) is 15.0 Å². The first kappa shape index (κ1) is 12.3. The highest BCUT2D eigenvalue weighted by Gasteiger charge is 2.41. The number of nitrogens with one attached hydrogen (secondary N) is 1. The molecular weight excluding hydrogens is 228 g/mol. The Kier molecular flexibility index (Phi) is 3.32. The summed E-state index contributed by atoms with van der Waals surface area (Å²) in [6.07, 6.45) is -1.79. The largest absolute Gasteiger partial charge is 0.394 e. The van der Waals surface area contributed by atoms with Crippen LogP contribution in [0.3, 0.4) is 0 Å². The minimum Gasteiger partial charge on any atom is -0.394 e. The molecule has 0 aromatic rings. The summed E-state index contributed by atoms with van der Waals surface area (Å²) < 4.78 is 5.37. The van der Waals surface area contributed by atoms with Gasteiger partial charge in [0.1, 0.15) is 12.3 Å². The van der Waals surface area contributed by atoms with E-state index in [0.29, 0.717) is 0 Å². The fourth-order valence-electron chi connectivity index (χ4n) is 2.08. The first-order valence-corrected chi connectivity index (χ1v) is 5.58. The zero-order valence-electron chi connectivity index (χ0n) is 9.50. The third-order valence-corrected chi connectivity index (χ3v) is 3.14. The lowest BCUT2D eigenvalue weighted by Crippen LogP contribution is -2.57. The molecule has 96 valence electrons. The average molecular weight is 244 g/mol. The number of carbonyl (C=O) groups excluding carboxylic acids is 2. The number of hydrogen-bond donors (Lipinski definition) is 3. The second kappa shape index (κ2) is 4.59. The van der Waals surface area contributed by atoms with E-state index < -0.39 is 24.5 Å². The number of urea groups is 1. The van der Waals surface area contributed by atoms with Gasteiger partial charge in [-0.25, -0.2) is 4.79 Å². The Morgan fingerprint density at radius 1 is 1.53 bits per heavy atom. The van der Waals surface area contributed by atoms with Crippen molar-refractivity contribution in [2.24, 2.45) is 5.92 Å². The van der Waals surface area contributed by atoms with Gasteiger partial charge in [0.05, 0.1) is 18.6 Å². The smallest absolute Gasteiger partial charge is 0.326 e. The van der Waals surface area contributed by atoms with Gasteiger partial charge in [0.25, 0.3) is 0 Å². The summed E-state index contributed by atoms with van der Waals surface area (Å²) in [6.45, 7) is 1.69. The number of imide groups is 1. The molecule has 4 atom stereocenters. The van der Waals surface area contributed by atoms with E-state index in [0.717, 1.165) is 0 Å². The molecule has 0 unspecified atom stereocenters. The maximum atomic E-state index is 11.6. The van der Waals surface area contributed by atoms with Crippen molar-refractivity contribution in [3.8, 4) is 0 Å². The van der Waals surface area contributed by atoms with Crippen molar-refractivity contribution in [2.45, 2.75) is 31.8 Å². The normalized spacial score (nSPS) is 38.4. The highest BCUT2D eigenvalue weighted by Crippen LogP contribution is 2.25. The van der Waals surface area contributed by atoms with Crippen molar-refractivity contribution in [1.82, 2.24) is 10.2 Å². The van der Waals surface area contributed by atoms with Crippen molar-refractivity contribution < 1.29 is 24.5 Å². The van der Waals surface area contributed by atoms with Crippen LogP contribution in [0.5, 0.6) is 0 Å². The number of hydrogen-bond acceptors (Lipinski definition) is 5. The standard InChI is InChI=1S/C10H16N2O5/c1-5-3-12(10(16)11-9(5)15)8-2-6(14)7(4-13)17-8/h5-8,13-14H,2-4H2,1H3,(H,11,15,16)/t5-,6+,7+,8-/m1/s1. The molecule has 0 radical (unpaired) electrons. The molecule has 2 heterocycles. The third-order valence-electron chi connectivity index (χ3n) is 3.14. The Labute approximate surface area is 98.3 Å². The van der Waals surface area contributed by atoms with Crippen LogP contribution < -0.4 is 5.32 Å². The number of rotatable bonds is 2. The van der Waals surface area contributed by atoms with Crippen molar-refractivity contribution in [3.05, 3.63) is 0 Å². The molecule has 2 aliphatic heterocycles. The summed E-state index contributed by atoms with van der Waals surface area (Å²) in [7, 11) is 0. The van der Waals surface area contributed by atoms with Gasteiger partial charge < -0.3 is 14.9 Å². The molecule has 0 saturated carbocycles. The number of amides is 3. The minimum absolute atomic E-state index is 0.250. The van der Waals surface area contributed by atoms with Gasteiger partial charge in [-0.2, -0.15) is 0 Å². The topological polar surface area (TPSA) is 99.1 Å². The van der Waals surface area contributed by atoms with Crippen molar-refractivity contribution >= 4 is 11.9 Å². The zero-order valence-corrected chi connectivity index (χ0v) is 9.50. The Bertz CT molecular complexity index is 335. The van der Waals surface area contributed by atoms with E-state index in [1.807, 2.05) is 0 Å². The van der Waals surface area contributed by atoms with E-state index in [-0.39, 0.29) is 31.4 Å². The van der Waals surface area contributed by atoms with Crippen LogP contribution >= 0.6 is 0 Å². The van der Waals surface area contributed by atoms with E-state index >= 15 is 0 Å². The fraction of sp³-hybridized carbons (Fsp3) is 0.800. The quantitative estimate of drug-likeness (QED) is 0.557. The molecule has 0 aliphatic carbocycles. The summed E-state index contributed by atoms with van der Waals surface area (Å²) >= 11 is 0. The van der Waals surface area contributed by atoms with Gasteiger partial charge in [-0.05, 0) is 0 Å². The van der Waals surface area contributed by atoms with Crippen molar-refractivity contribution in [1.29, 1.82) is 0 Å². The van der Waals surface area contributed by atoms with Crippen LogP contribution in [0, 0.1) is 5.92 Å². The highest BCUT2D eigenvalue weighted by atomic mass is 16.5. The lowest BCUT2D eigenvalue weighted by Gasteiger charge is -2.34. The predicted octanol–water partition coefficient (Wildman–Crippen LogP) is -1.36. The first-order chi connectivity index (χ1) is 8.02. The number of nitrogens with zero attached hydrogens (tertiary/aromatic N) is 1. The van der Waals surface area contributed by atoms with Gasteiger partial charge in [-0.1, -0.05) is 6.92 Å². The zero-order chi connectivity index (χ0) is 12.6. The average Bonchev–Trinajstić information content (AvgIpc) is 2.65. The molecule has 0 aromatic heterocycles. The van der Waals surface area contributed by atoms with Crippen LogP contribution in [0.2, 0.25) is 0 Å². The SMILES string of the molecule is C[C@@H]1CN([C@H]2C[C@H](O)[C@H](CO)O2)C(=O)NC1=O. The van der Waals surface area contributed by atoms with Gasteiger partial charge in [0, 0.05) is 13.0 Å². The van der Waals surface area contributed by atoms with Gasteiger partial charge in [0.15, 0.2) is 0 Å². The molecule has 0 spiro atoms. The molecule has 17 heavy (non-hydrogen) atoms. The molecule has 0 bridgehead atoms. The van der Waals surface area contributed by atoms with Crippen LogP contribution in [0.25, 0.3) is 0 Å². The Morgan fingerprint density at radius 2 is 2.24 bits per heavy atom. The Hall–Kier alpha value is -1.18. The molecule has 3 amide bonds. The number of ether oxygens (including phenoxy) is 1. The van der Waals surface area contributed by atoms with Gasteiger partial charge in [0.2, 0.25) is 5.91 Å². The Morgan fingerprint density at radius 3 is 2.82 bits per heavy atom. The molecular formula is C10H16N2O5. The number of aliphatic hydroxyl groups is 2. The lowest BCUT2D eigenvalue weighted by atomic mass is 10.1. The molecule has 2 fully saturated rings. The Balaban J connectivity index is 2.03. The highest BCUT2D eigenvalue weighted by molar-refractivity contribution is 5.97. The summed E-state index contributed by atoms with van der Waals surface area (Å²) in [5.74, 6) is -0.606. The number of carbonyl (C=O) groups is 2. The van der Waals surface area contributed by atoms with E-state index in [4.69, 9.17) is 9.84 Å². The van der Waals surface area contributed by atoms with E-state index in [1.165, 1.54) is 4.90 Å². The molecule has 7 nitrogen and oxygen atoms in total. The maximum Gasteiger partial charge on any atom is 0.326 e. The fourth-order valence-corrected chi connectivity index (χ4v) is 2.08. The molecule has 0 aromatic carbocycles. The summed E-state index contributed by atoms with van der Waals surface area (Å²) in [6, 6.07) is -0.510. The van der Waals surface area contributed by atoms with E-state index in [1.54, 1.807) is 6.92 Å². The monoisotopic (exact) mass is 244 g/mol. The predicted molar refractivity (Wildman–Crippen MR) is 55.8 cm³/mol. The molecule has 7 heteroatoms. The number of aliphatic hydroxyl groups excluding tert-OH is 2. The molecule has 2 saturated heterocycles. The van der Waals surface area contributed by atoms with Crippen LogP contribution in [-0.4, -0.2) is 58.6 Å². The summed E-state index contributed by atoms with van der Waals surface area (Å²) in [5, 5.41) is 20.8. The minimum atomic E-state index is -0.786. The second-order valence-corrected chi connectivity index (χ2v) is 4.46. The summed E-state index contributed by atoms with van der Waals surface area (Å²) in [4.78, 5) is 24.2. The first-order valence-electron chi connectivity index (χ1n) is 5.58.